The second-order valence-corrected chi connectivity index (χ2v) is 9.73. The fourth-order valence-corrected chi connectivity index (χ4v) is 5.38. The summed E-state index contributed by atoms with van der Waals surface area (Å²) < 4.78 is 34.5. The number of hydrogen-bond acceptors (Lipinski definition) is 6. The predicted octanol–water partition coefficient (Wildman–Crippen LogP) is 2.85. The molecule has 0 aliphatic carbocycles. The van der Waals surface area contributed by atoms with Crippen molar-refractivity contribution in [2.75, 3.05) is 24.6 Å². The molecule has 4 N–H and O–H groups in total. The molecule has 0 bridgehead atoms. The summed E-state index contributed by atoms with van der Waals surface area (Å²) in [6.07, 6.45) is 0.438. The van der Waals surface area contributed by atoms with E-state index in [1.807, 2.05) is 24.3 Å². The summed E-state index contributed by atoms with van der Waals surface area (Å²) in [5, 5.41) is 9.26. The van der Waals surface area contributed by atoms with Crippen molar-refractivity contribution in [2.45, 2.75) is 31.8 Å². The van der Waals surface area contributed by atoms with Gasteiger partial charge in [-0.2, -0.15) is 0 Å². The van der Waals surface area contributed by atoms with Gasteiger partial charge in [0.2, 0.25) is 5.91 Å². The number of carbonyl (C=O) groups excluding carboxylic acids is 2. The third-order valence-electron chi connectivity index (χ3n) is 6.58. The van der Waals surface area contributed by atoms with Gasteiger partial charge in [-0.05, 0) is 53.9 Å². The van der Waals surface area contributed by atoms with Crippen LogP contribution in [0.3, 0.4) is 0 Å². The third kappa shape index (κ3) is 5.63. The number of esters is 1. The van der Waals surface area contributed by atoms with E-state index >= 15 is 0 Å². The highest BCUT2D eigenvalue weighted by Crippen LogP contribution is 2.31. The van der Waals surface area contributed by atoms with E-state index in [4.69, 9.17) is 20.6 Å². The summed E-state index contributed by atoms with van der Waals surface area (Å²) in [7, 11) is 1.56. The van der Waals surface area contributed by atoms with Crippen LogP contribution in [0, 0.1) is 5.41 Å². The number of amidine groups is 1. The first kappa shape index (κ1) is 27.1. The van der Waals surface area contributed by atoms with Crippen molar-refractivity contribution in [1.82, 2.24) is 4.90 Å². The molecule has 1 fully saturated rings. The lowest BCUT2D eigenvalue weighted by Crippen LogP contribution is -2.49. The molecule has 1 aliphatic rings. The molecule has 1 heterocycles. The second kappa shape index (κ2) is 11.6. The molecule has 0 radical (unpaired) electrons. The molecule has 0 aromatic heterocycles. The van der Waals surface area contributed by atoms with Crippen LogP contribution in [0.15, 0.2) is 60.7 Å². The molecule has 3 aromatic carbocycles. The smallest absolute Gasteiger partial charge is 0.329 e. The monoisotopic (exact) mass is 538 g/mol. The SMILES string of the molecule is CCOC(=O)C(Cc1ccc(C(=N)N)cc1)N1CCC(N(c2ccc3ccc(OC)cc3c2)S(=O)O)C1=O. The van der Waals surface area contributed by atoms with Gasteiger partial charge in [0.25, 0.3) is 11.3 Å². The number of fused-ring (bicyclic) bond motifs is 1. The number of ether oxygens (including phenoxy) is 2. The van der Waals surface area contributed by atoms with Crippen LogP contribution in [0.25, 0.3) is 10.8 Å². The van der Waals surface area contributed by atoms with Gasteiger partial charge in [0.05, 0.1) is 19.4 Å². The summed E-state index contributed by atoms with van der Waals surface area (Å²) in [5.74, 6) is -0.411. The summed E-state index contributed by atoms with van der Waals surface area (Å²) in [6.45, 7) is 2.06. The average Bonchev–Trinajstić information content (AvgIpc) is 3.27. The molecule has 38 heavy (non-hydrogen) atoms. The quantitative estimate of drug-likeness (QED) is 0.156. The van der Waals surface area contributed by atoms with Crippen molar-refractivity contribution in [3.05, 3.63) is 71.8 Å². The maximum absolute atomic E-state index is 13.6. The third-order valence-corrected chi connectivity index (χ3v) is 7.38. The van der Waals surface area contributed by atoms with Crippen LogP contribution < -0.4 is 14.8 Å². The minimum absolute atomic E-state index is 0.0692. The van der Waals surface area contributed by atoms with E-state index < -0.39 is 35.2 Å². The first-order chi connectivity index (χ1) is 18.2. The number of hydrogen-bond donors (Lipinski definition) is 3. The number of carbonyl (C=O) groups is 2. The minimum Gasteiger partial charge on any atom is -0.497 e. The number of methoxy groups -OCH3 is 1. The molecule has 1 aliphatic heterocycles. The molecule has 10 nitrogen and oxygen atoms in total. The Morgan fingerprint density at radius 3 is 2.53 bits per heavy atom. The Kier molecular flexibility index (Phi) is 8.28. The van der Waals surface area contributed by atoms with Crippen molar-refractivity contribution in [3.8, 4) is 5.75 Å². The number of benzene rings is 3. The predicted molar refractivity (Wildman–Crippen MR) is 145 cm³/mol. The van der Waals surface area contributed by atoms with Crippen LogP contribution >= 0.6 is 0 Å². The molecule has 0 saturated carbocycles. The molecule has 0 spiro atoms. The summed E-state index contributed by atoms with van der Waals surface area (Å²) in [4.78, 5) is 28.0. The highest BCUT2D eigenvalue weighted by Gasteiger charge is 2.44. The molecule has 11 heteroatoms. The van der Waals surface area contributed by atoms with Crippen molar-refractivity contribution < 1.29 is 27.8 Å². The zero-order valence-electron chi connectivity index (χ0n) is 21.1. The Bertz CT molecular complexity index is 1380. The van der Waals surface area contributed by atoms with Crippen LogP contribution in [0.4, 0.5) is 5.69 Å². The summed E-state index contributed by atoms with van der Waals surface area (Å²) >= 11 is -2.50. The van der Waals surface area contributed by atoms with Gasteiger partial charge >= 0.3 is 5.97 Å². The van der Waals surface area contributed by atoms with Gasteiger partial charge < -0.3 is 20.1 Å². The minimum atomic E-state index is -2.50. The Morgan fingerprint density at radius 1 is 1.18 bits per heavy atom. The first-order valence-electron chi connectivity index (χ1n) is 12.1. The zero-order chi connectivity index (χ0) is 27.4. The number of nitrogens with one attached hydrogen (secondary N) is 1. The number of likely N-dealkylation sites (tertiary alicyclic amines) is 1. The van der Waals surface area contributed by atoms with E-state index in [0.717, 1.165) is 16.3 Å². The van der Waals surface area contributed by atoms with Crippen molar-refractivity contribution in [2.24, 2.45) is 5.73 Å². The van der Waals surface area contributed by atoms with Gasteiger partial charge in [0, 0.05) is 18.5 Å². The molecule has 1 amide bonds. The standard InChI is InChI=1S/C27H30N4O6S/c1-3-37-27(33)24(14-17-4-6-19(7-5-17)25(28)29)30-13-12-23(26(30)32)31(38(34)35)21-10-8-18-9-11-22(36-2)16-20(18)15-21/h4-11,15-16,23-24H,3,12-14H2,1-2H3,(H3,28,29)(H,34,35). The average molecular weight is 539 g/mol. The van der Waals surface area contributed by atoms with Crippen molar-refractivity contribution in [3.63, 3.8) is 0 Å². The van der Waals surface area contributed by atoms with Gasteiger partial charge in [-0.15, -0.1) is 0 Å². The van der Waals surface area contributed by atoms with Crippen LogP contribution in [-0.2, 0) is 32.0 Å². The fraction of sp³-hybridized carbons (Fsp3) is 0.296. The van der Waals surface area contributed by atoms with E-state index in [1.54, 1.807) is 50.4 Å². The lowest BCUT2D eigenvalue weighted by Gasteiger charge is -2.29. The number of nitrogen functional groups attached to an aromatic ring is 1. The Hall–Kier alpha value is -3.96. The van der Waals surface area contributed by atoms with E-state index in [-0.39, 0.29) is 31.8 Å². The molecular weight excluding hydrogens is 508 g/mol. The van der Waals surface area contributed by atoms with E-state index in [1.165, 1.54) is 9.21 Å². The van der Waals surface area contributed by atoms with E-state index in [9.17, 15) is 18.4 Å². The van der Waals surface area contributed by atoms with Gasteiger partial charge in [-0.25, -0.2) is 9.00 Å². The molecule has 1 saturated heterocycles. The number of amides is 1. The van der Waals surface area contributed by atoms with E-state index in [2.05, 4.69) is 0 Å². The number of rotatable bonds is 10. The Labute approximate surface area is 223 Å². The van der Waals surface area contributed by atoms with Crippen molar-refractivity contribution >= 4 is 45.4 Å². The first-order valence-corrected chi connectivity index (χ1v) is 13.2. The Balaban J connectivity index is 1.62. The fourth-order valence-electron chi connectivity index (χ4n) is 4.67. The maximum Gasteiger partial charge on any atom is 0.329 e. The van der Waals surface area contributed by atoms with Crippen LogP contribution in [0.2, 0.25) is 0 Å². The molecule has 4 rings (SSSR count). The van der Waals surface area contributed by atoms with Gasteiger partial charge in [0.1, 0.15) is 23.7 Å². The molecule has 200 valence electrons. The highest BCUT2D eigenvalue weighted by molar-refractivity contribution is 7.80. The van der Waals surface area contributed by atoms with Gasteiger partial charge in [0.15, 0.2) is 0 Å². The molecule has 3 atom stereocenters. The van der Waals surface area contributed by atoms with Crippen LogP contribution in [-0.4, -0.2) is 63.7 Å². The lowest BCUT2D eigenvalue weighted by atomic mass is 10.0. The summed E-state index contributed by atoms with van der Waals surface area (Å²) in [5.41, 5.74) is 7.24. The van der Waals surface area contributed by atoms with Gasteiger partial charge in [-0.3, -0.25) is 19.1 Å². The zero-order valence-corrected chi connectivity index (χ0v) is 21.9. The molecule has 3 aromatic rings. The van der Waals surface area contributed by atoms with E-state index in [0.29, 0.717) is 17.0 Å². The van der Waals surface area contributed by atoms with Crippen molar-refractivity contribution in [1.29, 1.82) is 5.41 Å². The number of nitrogens with two attached hydrogens (primary N) is 1. The van der Waals surface area contributed by atoms with Gasteiger partial charge in [-0.1, -0.05) is 36.4 Å². The molecule has 3 unspecified atom stereocenters. The maximum atomic E-state index is 13.6. The highest BCUT2D eigenvalue weighted by atomic mass is 32.2. The van der Waals surface area contributed by atoms with Crippen LogP contribution in [0.5, 0.6) is 5.75 Å². The lowest BCUT2D eigenvalue weighted by molar-refractivity contribution is -0.153. The Morgan fingerprint density at radius 2 is 1.89 bits per heavy atom. The normalized spacial score (nSPS) is 16.8. The topological polar surface area (TPSA) is 146 Å². The number of anilines is 1. The van der Waals surface area contributed by atoms with Crippen LogP contribution in [0.1, 0.15) is 24.5 Å². The number of nitrogens with zero attached hydrogens (tertiary/aromatic N) is 2. The molecular formula is C27H30N4O6S. The summed E-state index contributed by atoms with van der Waals surface area (Å²) in [6, 6.07) is 15.8. The largest absolute Gasteiger partial charge is 0.497 e. The second-order valence-electron chi connectivity index (χ2n) is 8.87.